The summed E-state index contributed by atoms with van der Waals surface area (Å²) in [4.78, 5) is 15.8. The lowest BCUT2D eigenvalue weighted by Crippen LogP contribution is -2.39. The molecule has 0 radical (unpaired) electrons. The largest absolute Gasteiger partial charge is 0.391 e. The first-order valence-corrected chi connectivity index (χ1v) is 7.91. The van der Waals surface area contributed by atoms with E-state index >= 15 is 0 Å². The van der Waals surface area contributed by atoms with Gasteiger partial charge < -0.3 is 15.7 Å². The normalized spacial score (nSPS) is 15.0. The topological polar surface area (TPSA) is 74.2 Å². The maximum Gasteiger partial charge on any atom is 0.315 e. The van der Waals surface area contributed by atoms with Gasteiger partial charge in [0.05, 0.1) is 6.10 Å². The van der Waals surface area contributed by atoms with Crippen molar-refractivity contribution in [1.82, 2.24) is 15.6 Å². The number of aliphatic hydroxyl groups is 1. The molecule has 0 aliphatic heterocycles. The number of rotatable bonds is 6. The van der Waals surface area contributed by atoms with Crippen molar-refractivity contribution in [2.24, 2.45) is 5.92 Å². The summed E-state index contributed by atoms with van der Waals surface area (Å²) in [6.07, 6.45) is 5.29. The van der Waals surface area contributed by atoms with Crippen molar-refractivity contribution in [3.8, 4) is 11.1 Å². The molecule has 3 rings (SSSR count). The van der Waals surface area contributed by atoms with E-state index in [9.17, 15) is 9.90 Å². The molecule has 5 nitrogen and oxygen atoms in total. The van der Waals surface area contributed by atoms with Gasteiger partial charge in [-0.2, -0.15) is 0 Å². The summed E-state index contributed by atoms with van der Waals surface area (Å²) < 4.78 is 0. The smallest absolute Gasteiger partial charge is 0.315 e. The summed E-state index contributed by atoms with van der Waals surface area (Å²) >= 11 is 0. The zero-order valence-electron chi connectivity index (χ0n) is 12.9. The molecule has 3 N–H and O–H groups in total. The second-order valence-electron chi connectivity index (χ2n) is 5.91. The van der Waals surface area contributed by atoms with E-state index in [1.54, 1.807) is 6.20 Å². The van der Waals surface area contributed by atoms with Crippen molar-refractivity contribution in [2.75, 3.05) is 6.54 Å². The molecule has 2 aromatic rings. The Morgan fingerprint density at radius 2 is 1.96 bits per heavy atom. The Morgan fingerprint density at radius 1 is 1.17 bits per heavy atom. The Hall–Kier alpha value is -2.40. The predicted octanol–water partition coefficient (Wildman–Crippen LogP) is 2.32. The van der Waals surface area contributed by atoms with Gasteiger partial charge in [-0.3, -0.25) is 4.98 Å². The number of urea groups is 1. The zero-order chi connectivity index (χ0) is 16.1. The summed E-state index contributed by atoms with van der Waals surface area (Å²) in [7, 11) is 0. The Kier molecular flexibility index (Phi) is 4.88. The molecule has 1 saturated carbocycles. The SMILES string of the molecule is O=C(NCc1ccc(-c2cccnc2)cc1)NC[C@@H](O)C1CC1. The van der Waals surface area contributed by atoms with Crippen LogP contribution in [0.4, 0.5) is 4.79 Å². The number of carbonyl (C=O) groups excluding carboxylic acids is 1. The maximum absolute atomic E-state index is 11.7. The van der Waals surface area contributed by atoms with Crippen LogP contribution in [0.15, 0.2) is 48.8 Å². The first kappa shape index (κ1) is 15.5. The molecule has 0 bridgehead atoms. The first-order valence-electron chi connectivity index (χ1n) is 7.91. The summed E-state index contributed by atoms with van der Waals surface area (Å²) in [6, 6.07) is 11.7. The fourth-order valence-electron chi connectivity index (χ4n) is 2.44. The van der Waals surface area contributed by atoms with E-state index in [0.717, 1.165) is 29.5 Å². The summed E-state index contributed by atoms with van der Waals surface area (Å²) in [5.41, 5.74) is 3.19. The molecule has 120 valence electrons. The lowest BCUT2D eigenvalue weighted by molar-refractivity contribution is 0.149. The molecule has 0 saturated heterocycles. The highest BCUT2D eigenvalue weighted by atomic mass is 16.3. The Morgan fingerprint density at radius 3 is 2.61 bits per heavy atom. The van der Waals surface area contributed by atoms with E-state index in [4.69, 9.17) is 0 Å². The molecule has 1 aliphatic rings. The number of nitrogens with zero attached hydrogens (tertiary/aromatic N) is 1. The Bertz CT molecular complexity index is 639. The standard InChI is InChI=1S/C18H21N3O2/c22-17(15-7-8-15)12-21-18(23)20-10-13-3-5-14(6-4-13)16-2-1-9-19-11-16/h1-6,9,11,15,17,22H,7-8,10,12H2,(H2,20,21,23)/t17-/m1/s1. The molecule has 1 aromatic heterocycles. The molecule has 1 atom stereocenters. The average Bonchev–Trinajstić information content (AvgIpc) is 3.44. The van der Waals surface area contributed by atoms with Crippen LogP contribution in [-0.4, -0.2) is 28.8 Å². The van der Waals surface area contributed by atoms with Crippen LogP contribution in [-0.2, 0) is 6.54 Å². The van der Waals surface area contributed by atoms with Gasteiger partial charge in [-0.05, 0) is 41.5 Å². The second-order valence-corrected chi connectivity index (χ2v) is 5.91. The monoisotopic (exact) mass is 311 g/mol. The highest BCUT2D eigenvalue weighted by molar-refractivity contribution is 5.73. The fourth-order valence-corrected chi connectivity index (χ4v) is 2.44. The van der Waals surface area contributed by atoms with Crippen LogP contribution in [0.3, 0.4) is 0 Å². The van der Waals surface area contributed by atoms with E-state index in [2.05, 4.69) is 15.6 Å². The van der Waals surface area contributed by atoms with Gasteiger partial charge in [0, 0.05) is 25.5 Å². The van der Waals surface area contributed by atoms with E-state index in [1.807, 2.05) is 42.6 Å². The minimum Gasteiger partial charge on any atom is -0.391 e. The molecule has 23 heavy (non-hydrogen) atoms. The van der Waals surface area contributed by atoms with Gasteiger partial charge in [0.2, 0.25) is 0 Å². The molecular weight excluding hydrogens is 290 g/mol. The van der Waals surface area contributed by atoms with E-state index < -0.39 is 6.10 Å². The van der Waals surface area contributed by atoms with Gasteiger partial charge in [-0.15, -0.1) is 0 Å². The van der Waals surface area contributed by atoms with Crippen molar-refractivity contribution in [2.45, 2.75) is 25.5 Å². The molecule has 0 spiro atoms. The van der Waals surface area contributed by atoms with E-state index in [1.165, 1.54) is 0 Å². The molecule has 1 heterocycles. The number of nitrogens with one attached hydrogen (secondary N) is 2. The number of aliphatic hydroxyl groups excluding tert-OH is 1. The summed E-state index contributed by atoms with van der Waals surface area (Å²) in [5, 5.41) is 15.2. The summed E-state index contributed by atoms with van der Waals surface area (Å²) in [5.74, 6) is 0.371. The van der Waals surface area contributed by atoms with Gasteiger partial charge in [-0.1, -0.05) is 30.3 Å². The van der Waals surface area contributed by atoms with E-state index in [-0.39, 0.29) is 6.03 Å². The molecule has 2 amide bonds. The highest BCUT2D eigenvalue weighted by Crippen LogP contribution is 2.32. The lowest BCUT2D eigenvalue weighted by Gasteiger charge is -2.12. The van der Waals surface area contributed by atoms with Crippen molar-refractivity contribution in [3.63, 3.8) is 0 Å². The number of benzene rings is 1. The number of hydrogen-bond acceptors (Lipinski definition) is 3. The van der Waals surface area contributed by atoms with Crippen LogP contribution in [0.2, 0.25) is 0 Å². The zero-order valence-corrected chi connectivity index (χ0v) is 12.9. The number of pyridine rings is 1. The van der Waals surface area contributed by atoms with Crippen LogP contribution in [0.1, 0.15) is 18.4 Å². The lowest BCUT2D eigenvalue weighted by atomic mass is 10.1. The highest BCUT2D eigenvalue weighted by Gasteiger charge is 2.29. The number of aromatic nitrogens is 1. The van der Waals surface area contributed by atoms with Crippen molar-refractivity contribution in [3.05, 3.63) is 54.4 Å². The minimum atomic E-state index is -0.417. The molecule has 0 unspecified atom stereocenters. The Balaban J connectivity index is 1.45. The van der Waals surface area contributed by atoms with Gasteiger partial charge in [0.1, 0.15) is 0 Å². The number of hydrogen-bond donors (Lipinski definition) is 3. The third-order valence-electron chi connectivity index (χ3n) is 4.04. The van der Waals surface area contributed by atoms with Crippen LogP contribution < -0.4 is 10.6 Å². The number of amides is 2. The molecule has 1 aromatic carbocycles. The molecule has 5 heteroatoms. The molecule has 1 aliphatic carbocycles. The maximum atomic E-state index is 11.7. The molecular formula is C18H21N3O2. The van der Waals surface area contributed by atoms with Crippen molar-refractivity contribution < 1.29 is 9.90 Å². The van der Waals surface area contributed by atoms with Gasteiger partial charge in [-0.25, -0.2) is 4.79 Å². The minimum absolute atomic E-state index is 0.249. The predicted molar refractivity (Wildman–Crippen MR) is 88.6 cm³/mol. The fraction of sp³-hybridized carbons (Fsp3) is 0.333. The van der Waals surface area contributed by atoms with Gasteiger partial charge >= 0.3 is 6.03 Å². The van der Waals surface area contributed by atoms with Crippen molar-refractivity contribution in [1.29, 1.82) is 0 Å². The Labute approximate surface area is 135 Å². The third-order valence-corrected chi connectivity index (χ3v) is 4.04. The second kappa shape index (κ2) is 7.24. The van der Waals surface area contributed by atoms with Crippen molar-refractivity contribution >= 4 is 6.03 Å². The quantitative estimate of drug-likeness (QED) is 0.766. The van der Waals surface area contributed by atoms with Crippen LogP contribution in [0.5, 0.6) is 0 Å². The van der Waals surface area contributed by atoms with Crippen LogP contribution in [0.25, 0.3) is 11.1 Å². The molecule has 1 fully saturated rings. The van der Waals surface area contributed by atoms with Gasteiger partial charge in [0.25, 0.3) is 0 Å². The van der Waals surface area contributed by atoms with E-state index in [0.29, 0.717) is 19.0 Å². The van der Waals surface area contributed by atoms with Crippen LogP contribution in [0, 0.1) is 5.92 Å². The summed E-state index contributed by atoms with van der Waals surface area (Å²) in [6.45, 7) is 0.773. The third kappa shape index (κ3) is 4.53. The number of carbonyl (C=O) groups is 1. The van der Waals surface area contributed by atoms with Gasteiger partial charge in [0.15, 0.2) is 0 Å². The average molecular weight is 311 g/mol. The first-order chi connectivity index (χ1) is 11.2. The van der Waals surface area contributed by atoms with Crippen LogP contribution >= 0.6 is 0 Å².